The number of amides is 1. The molecule has 5 rings (SSSR count). The van der Waals surface area contributed by atoms with E-state index >= 15 is 0 Å². The molecule has 0 aliphatic carbocycles. The first-order chi connectivity index (χ1) is 19.8. The van der Waals surface area contributed by atoms with Crippen LogP contribution >= 0.6 is 11.6 Å². The number of esters is 1. The van der Waals surface area contributed by atoms with E-state index < -0.39 is 17.9 Å². The molecular weight excluding hydrogens is 538 g/mol. The monoisotopic (exact) mass is 569 g/mol. The molecule has 0 spiro atoms. The van der Waals surface area contributed by atoms with E-state index in [0.717, 1.165) is 29.8 Å². The first kappa shape index (κ1) is 28.1. The Balaban J connectivity index is 1.48. The van der Waals surface area contributed by atoms with E-state index in [4.69, 9.17) is 21.3 Å². The minimum atomic E-state index is -0.906. The number of halogens is 1. The number of nitrogens with one attached hydrogen (secondary N) is 1. The Morgan fingerprint density at radius 2 is 1.71 bits per heavy atom. The molecule has 210 valence electrons. The van der Waals surface area contributed by atoms with Crippen LogP contribution in [0.3, 0.4) is 0 Å². The summed E-state index contributed by atoms with van der Waals surface area (Å²) in [5, 5.41) is 3.42. The molecule has 41 heavy (non-hydrogen) atoms. The third-order valence-electron chi connectivity index (χ3n) is 7.19. The standard InChI is InChI=1S/C32H32ClN5O3/c1-37(2)26-14-10-23(11-15-26)30-34-27(19-29(36-30)38-17-16-22-6-4-5-7-24(22)20-38)31(39)35-28(32(40)41-3)18-21-8-12-25(33)13-9-21/h4-15,19,28H,16-18,20H2,1-3H3,(H,35,39). The van der Waals surface area contributed by atoms with Crippen LogP contribution in [-0.4, -0.2) is 55.6 Å². The second kappa shape index (κ2) is 12.4. The molecule has 0 radical (unpaired) electrons. The van der Waals surface area contributed by atoms with Gasteiger partial charge < -0.3 is 19.9 Å². The molecule has 8 nitrogen and oxygen atoms in total. The van der Waals surface area contributed by atoms with Gasteiger partial charge in [0, 0.05) is 55.9 Å². The first-order valence-corrected chi connectivity index (χ1v) is 13.8. The quantitative estimate of drug-likeness (QED) is 0.301. The predicted molar refractivity (Wildman–Crippen MR) is 161 cm³/mol. The van der Waals surface area contributed by atoms with E-state index in [-0.39, 0.29) is 12.1 Å². The number of anilines is 2. The van der Waals surface area contributed by atoms with Crippen LogP contribution in [0, 0.1) is 0 Å². The molecule has 1 atom stereocenters. The van der Waals surface area contributed by atoms with Crippen LogP contribution < -0.4 is 15.1 Å². The maximum absolute atomic E-state index is 13.6. The Labute approximate surface area is 244 Å². The van der Waals surface area contributed by atoms with Crippen molar-refractivity contribution in [3.05, 3.63) is 106 Å². The van der Waals surface area contributed by atoms with Crippen molar-refractivity contribution in [2.24, 2.45) is 0 Å². The number of ether oxygens (including phenoxy) is 1. The highest BCUT2D eigenvalue weighted by Gasteiger charge is 2.26. The summed E-state index contributed by atoms with van der Waals surface area (Å²) in [5.74, 6) is 0.0547. The molecule has 2 heterocycles. The number of nitrogens with zero attached hydrogens (tertiary/aromatic N) is 4. The summed E-state index contributed by atoms with van der Waals surface area (Å²) in [6, 6.07) is 24.1. The van der Waals surface area contributed by atoms with Crippen molar-refractivity contribution in [1.82, 2.24) is 15.3 Å². The van der Waals surface area contributed by atoms with Crippen molar-refractivity contribution in [2.45, 2.75) is 25.4 Å². The van der Waals surface area contributed by atoms with Crippen molar-refractivity contribution in [3.8, 4) is 11.4 Å². The molecule has 9 heteroatoms. The minimum Gasteiger partial charge on any atom is -0.467 e. The topological polar surface area (TPSA) is 87.7 Å². The van der Waals surface area contributed by atoms with Gasteiger partial charge in [0.2, 0.25) is 0 Å². The van der Waals surface area contributed by atoms with Crippen LogP contribution in [0.2, 0.25) is 5.02 Å². The fourth-order valence-corrected chi connectivity index (χ4v) is 4.99. The largest absolute Gasteiger partial charge is 0.467 e. The lowest BCUT2D eigenvalue weighted by molar-refractivity contribution is -0.142. The molecule has 0 fully saturated rings. The highest BCUT2D eigenvalue weighted by molar-refractivity contribution is 6.30. The van der Waals surface area contributed by atoms with Crippen molar-refractivity contribution >= 4 is 35.0 Å². The smallest absolute Gasteiger partial charge is 0.328 e. The predicted octanol–water partition coefficient (Wildman–Crippen LogP) is 4.94. The van der Waals surface area contributed by atoms with E-state index in [2.05, 4.69) is 33.4 Å². The zero-order chi connectivity index (χ0) is 28.9. The zero-order valence-corrected chi connectivity index (χ0v) is 24.1. The zero-order valence-electron chi connectivity index (χ0n) is 23.3. The highest BCUT2D eigenvalue weighted by Crippen LogP contribution is 2.27. The van der Waals surface area contributed by atoms with Gasteiger partial charge >= 0.3 is 5.97 Å². The Morgan fingerprint density at radius 1 is 1.00 bits per heavy atom. The van der Waals surface area contributed by atoms with Gasteiger partial charge in [0.05, 0.1) is 7.11 Å². The second-order valence-electron chi connectivity index (χ2n) is 10.2. The third-order valence-corrected chi connectivity index (χ3v) is 7.44. The number of rotatable bonds is 8. The fraction of sp³-hybridized carbons (Fsp3) is 0.250. The van der Waals surface area contributed by atoms with Gasteiger partial charge in [-0.25, -0.2) is 14.8 Å². The first-order valence-electron chi connectivity index (χ1n) is 13.4. The molecule has 4 aromatic rings. The average Bonchev–Trinajstić information content (AvgIpc) is 3.00. The molecule has 1 unspecified atom stereocenters. The lowest BCUT2D eigenvalue weighted by atomic mass is 10.00. The Kier molecular flexibility index (Phi) is 8.50. The summed E-state index contributed by atoms with van der Waals surface area (Å²) in [6.45, 7) is 1.43. The average molecular weight is 570 g/mol. The van der Waals surface area contributed by atoms with Gasteiger partial charge in [0.15, 0.2) is 5.82 Å². The van der Waals surface area contributed by atoms with Gasteiger partial charge in [0.25, 0.3) is 5.91 Å². The van der Waals surface area contributed by atoms with Crippen molar-refractivity contribution in [1.29, 1.82) is 0 Å². The summed E-state index contributed by atoms with van der Waals surface area (Å²) in [5.41, 5.74) is 5.38. The van der Waals surface area contributed by atoms with E-state index in [1.807, 2.05) is 61.5 Å². The van der Waals surface area contributed by atoms with Crippen LogP contribution in [0.25, 0.3) is 11.4 Å². The van der Waals surface area contributed by atoms with Gasteiger partial charge in [-0.3, -0.25) is 4.79 Å². The summed E-state index contributed by atoms with van der Waals surface area (Å²) < 4.78 is 5.00. The van der Waals surface area contributed by atoms with Crippen molar-refractivity contribution in [3.63, 3.8) is 0 Å². The molecule has 1 amide bonds. The lowest BCUT2D eigenvalue weighted by Gasteiger charge is -2.30. The summed E-state index contributed by atoms with van der Waals surface area (Å²) >= 11 is 6.02. The summed E-state index contributed by atoms with van der Waals surface area (Å²) in [6.07, 6.45) is 1.12. The third kappa shape index (κ3) is 6.66. The highest BCUT2D eigenvalue weighted by atomic mass is 35.5. The summed E-state index contributed by atoms with van der Waals surface area (Å²) in [7, 11) is 5.25. The molecule has 1 N–H and O–H groups in total. The van der Waals surface area contributed by atoms with Crippen LogP contribution in [-0.2, 0) is 28.9 Å². The molecule has 1 aliphatic heterocycles. The van der Waals surface area contributed by atoms with Gasteiger partial charge in [0.1, 0.15) is 17.6 Å². The van der Waals surface area contributed by atoms with Crippen LogP contribution in [0.15, 0.2) is 78.9 Å². The van der Waals surface area contributed by atoms with Gasteiger partial charge in [-0.05, 0) is 59.5 Å². The van der Waals surface area contributed by atoms with Crippen LogP contribution in [0.4, 0.5) is 11.5 Å². The van der Waals surface area contributed by atoms with Gasteiger partial charge in [-0.2, -0.15) is 0 Å². The number of benzene rings is 3. The molecule has 0 saturated heterocycles. The second-order valence-corrected chi connectivity index (χ2v) is 10.6. The van der Waals surface area contributed by atoms with E-state index in [1.54, 1.807) is 18.2 Å². The number of methoxy groups -OCH3 is 1. The fourth-order valence-electron chi connectivity index (χ4n) is 4.87. The number of carbonyl (C=O) groups is 2. The molecule has 0 bridgehead atoms. The van der Waals surface area contributed by atoms with E-state index in [1.165, 1.54) is 18.2 Å². The molecule has 0 saturated carbocycles. The van der Waals surface area contributed by atoms with Crippen molar-refractivity contribution in [2.75, 3.05) is 37.5 Å². The van der Waals surface area contributed by atoms with Crippen LogP contribution in [0.1, 0.15) is 27.2 Å². The molecule has 1 aliphatic rings. The molecular formula is C32H32ClN5O3. The Bertz CT molecular complexity index is 1540. The normalized spacial score (nSPS) is 13.2. The van der Waals surface area contributed by atoms with Gasteiger partial charge in [-0.15, -0.1) is 0 Å². The number of hydrogen-bond acceptors (Lipinski definition) is 7. The SMILES string of the molecule is COC(=O)C(Cc1ccc(Cl)cc1)NC(=O)c1cc(N2CCc3ccccc3C2)nc(-c2ccc(N(C)C)cc2)n1. The van der Waals surface area contributed by atoms with Crippen molar-refractivity contribution < 1.29 is 14.3 Å². The molecule has 1 aromatic heterocycles. The number of fused-ring (bicyclic) bond motifs is 1. The number of aromatic nitrogens is 2. The minimum absolute atomic E-state index is 0.172. The maximum atomic E-state index is 13.6. The Morgan fingerprint density at radius 3 is 2.39 bits per heavy atom. The maximum Gasteiger partial charge on any atom is 0.328 e. The van der Waals surface area contributed by atoms with E-state index in [9.17, 15) is 9.59 Å². The summed E-state index contributed by atoms with van der Waals surface area (Å²) in [4.78, 5) is 40.0. The van der Waals surface area contributed by atoms with Gasteiger partial charge in [-0.1, -0.05) is 48.0 Å². The van der Waals surface area contributed by atoms with Crippen LogP contribution in [0.5, 0.6) is 0 Å². The number of hydrogen-bond donors (Lipinski definition) is 1. The van der Waals surface area contributed by atoms with E-state index in [0.29, 0.717) is 23.2 Å². The lowest BCUT2D eigenvalue weighted by Crippen LogP contribution is -2.43. The Hall–Kier alpha value is -4.43. The molecule has 3 aromatic carbocycles. The number of carbonyl (C=O) groups excluding carboxylic acids is 2.